The van der Waals surface area contributed by atoms with Gasteiger partial charge >= 0.3 is 0 Å². The summed E-state index contributed by atoms with van der Waals surface area (Å²) in [6, 6.07) is 13.9. The minimum Gasteiger partial charge on any atom is -0.497 e. The van der Waals surface area contributed by atoms with Gasteiger partial charge in [0.15, 0.2) is 0 Å². The third kappa shape index (κ3) is 5.70. The molecule has 1 aromatic heterocycles. The molecule has 31 heavy (non-hydrogen) atoms. The van der Waals surface area contributed by atoms with Crippen LogP contribution in [0.1, 0.15) is 6.92 Å². The number of carbonyl (C=O) groups is 1. The number of para-hydroxylation sites is 2. The van der Waals surface area contributed by atoms with Crippen molar-refractivity contribution >= 4 is 38.1 Å². The predicted octanol–water partition coefficient (Wildman–Crippen LogP) is 3.02. The van der Waals surface area contributed by atoms with E-state index in [1.165, 1.54) is 11.3 Å². The summed E-state index contributed by atoms with van der Waals surface area (Å²) in [4.78, 5) is 12.6. The Balaban J connectivity index is 1.76. The first-order valence-corrected chi connectivity index (χ1v) is 12.0. The van der Waals surface area contributed by atoms with Gasteiger partial charge < -0.3 is 9.47 Å². The zero-order valence-corrected chi connectivity index (χ0v) is 18.9. The summed E-state index contributed by atoms with van der Waals surface area (Å²) in [6.07, 6.45) is 1.04. The summed E-state index contributed by atoms with van der Waals surface area (Å²) in [6.45, 7) is 1.73. The zero-order valence-electron chi connectivity index (χ0n) is 17.2. The van der Waals surface area contributed by atoms with Gasteiger partial charge in [0.2, 0.25) is 21.1 Å². The lowest BCUT2D eigenvalue weighted by molar-refractivity contribution is -0.114. The normalized spacial score (nSPS) is 11.1. The molecule has 0 atom stereocenters. The first-order chi connectivity index (χ1) is 14.8. The highest BCUT2D eigenvalue weighted by atomic mass is 32.2. The van der Waals surface area contributed by atoms with Gasteiger partial charge in [-0.2, -0.15) is 0 Å². The summed E-state index contributed by atoms with van der Waals surface area (Å²) in [5.41, 5.74) is 1.11. The van der Waals surface area contributed by atoms with Gasteiger partial charge in [0, 0.05) is 5.56 Å². The Kier molecular flexibility index (Phi) is 7.08. The van der Waals surface area contributed by atoms with Gasteiger partial charge in [-0.15, -0.1) is 10.2 Å². The minimum absolute atomic E-state index is 0.266. The number of rotatable bonds is 9. The van der Waals surface area contributed by atoms with Crippen molar-refractivity contribution in [2.75, 3.05) is 36.1 Å². The summed E-state index contributed by atoms with van der Waals surface area (Å²) in [5, 5.41) is 11.5. The molecule has 3 aromatic rings. The fraction of sp³-hybridized carbons (Fsp3) is 0.250. The third-order valence-corrected chi connectivity index (χ3v) is 6.14. The van der Waals surface area contributed by atoms with E-state index in [0.29, 0.717) is 17.4 Å². The van der Waals surface area contributed by atoms with E-state index in [1.807, 2.05) is 12.1 Å². The molecule has 0 bridgehead atoms. The van der Waals surface area contributed by atoms with Gasteiger partial charge in [0.1, 0.15) is 23.1 Å². The summed E-state index contributed by atoms with van der Waals surface area (Å²) >= 11 is 1.18. The standard InChI is InChI=1S/C20H22N4O5S2/c1-4-29-17-8-6-5-7-16(17)24(31(3,26)27)13-18(25)21-20-23-22-19(30-20)14-9-11-15(28-2)12-10-14/h5-12H,4,13H2,1-3H3,(H,21,23,25). The molecule has 0 aliphatic heterocycles. The number of anilines is 2. The maximum absolute atomic E-state index is 12.6. The zero-order chi connectivity index (χ0) is 22.4. The molecular weight excluding hydrogens is 440 g/mol. The van der Waals surface area contributed by atoms with Crippen molar-refractivity contribution in [3.05, 3.63) is 48.5 Å². The number of hydrogen-bond donors (Lipinski definition) is 1. The molecule has 1 N–H and O–H groups in total. The fourth-order valence-electron chi connectivity index (χ4n) is 2.74. The molecule has 0 saturated heterocycles. The minimum atomic E-state index is -3.74. The first kappa shape index (κ1) is 22.5. The lowest BCUT2D eigenvalue weighted by Crippen LogP contribution is -2.37. The second-order valence-corrected chi connectivity index (χ2v) is 9.24. The average Bonchev–Trinajstić information content (AvgIpc) is 3.20. The molecule has 164 valence electrons. The molecule has 0 spiro atoms. The van der Waals surface area contributed by atoms with Crippen LogP contribution in [0.3, 0.4) is 0 Å². The number of amides is 1. The third-order valence-electron chi connectivity index (χ3n) is 4.13. The van der Waals surface area contributed by atoms with Crippen molar-refractivity contribution in [1.29, 1.82) is 0 Å². The number of aromatic nitrogens is 2. The van der Waals surface area contributed by atoms with Crippen LogP contribution in [-0.4, -0.2) is 51.0 Å². The number of ether oxygens (including phenoxy) is 2. The lowest BCUT2D eigenvalue weighted by Gasteiger charge is -2.23. The van der Waals surface area contributed by atoms with Crippen LogP contribution in [0.5, 0.6) is 11.5 Å². The molecule has 0 aliphatic rings. The number of carbonyl (C=O) groups excluding carboxylic acids is 1. The molecular formula is C20H22N4O5S2. The van der Waals surface area contributed by atoms with Crippen LogP contribution in [0.4, 0.5) is 10.8 Å². The number of nitrogens with one attached hydrogen (secondary N) is 1. The number of sulfonamides is 1. The summed E-state index contributed by atoms with van der Waals surface area (Å²) < 4.78 is 36.4. The van der Waals surface area contributed by atoms with Gasteiger partial charge in [0.25, 0.3) is 0 Å². The van der Waals surface area contributed by atoms with Crippen LogP contribution in [0.25, 0.3) is 10.6 Å². The highest BCUT2D eigenvalue weighted by molar-refractivity contribution is 7.92. The van der Waals surface area contributed by atoms with Crippen LogP contribution in [0, 0.1) is 0 Å². The summed E-state index contributed by atoms with van der Waals surface area (Å²) in [5.74, 6) is 0.546. The maximum atomic E-state index is 12.6. The molecule has 9 nitrogen and oxygen atoms in total. The Bertz CT molecular complexity index is 1150. The van der Waals surface area contributed by atoms with Gasteiger partial charge in [0.05, 0.1) is 25.7 Å². The summed E-state index contributed by atoms with van der Waals surface area (Å²) in [7, 11) is -2.16. The molecule has 11 heteroatoms. The van der Waals surface area contributed by atoms with Crippen LogP contribution in [0.15, 0.2) is 48.5 Å². The van der Waals surface area contributed by atoms with E-state index in [4.69, 9.17) is 9.47 Å². The topological polar surface area (TPSA) is 111 Å². The van der Waals surface area contributed by atoms with Gasteiger partial charge in [-0.25, -0.2) is 8.42 Å². The van der Waals surface area contributed by atoms with Crippen molar-refractivity contribution in [1.82, 2.24) is 10.2 Å². The molecule has 1 heterocycles. The first-order valence-electron chi connectivity index (χ1n) is 9.29. The predicted molar refractivity (Wildman–Crippen MR) is 120 cm³/mol. The Hall–Kier alpha value is -3.18. The van der Waals surface area contributed by atoms with Crippen LogP contribution >= 0.6 is 11.3 Å². The molecule has 1 amide bonds. The largest absolute Gasteiger partial charge is 0.497 e. The molecule has 0 radical (unpaired) electrons. The maximum Gasteiger partial charge on any atom is 0.246 e. The number of methoxy groups -OCH3 is 1. The van der Waals surface area contributed by atoms with E-state index in [-0.39, 0.29) is 10.8 Å². The van der Waals surface area contributed by atoms with Crippen LogP contribution < -0.4 is 19.1 Å². The van der Waals surface area contributed by atoms with Crippen molar-refractivity contribution in [3.63, 3.8) is 0 Å². The van der Waals surface area contributed by atoms with E-state index in [0.717, 1.165) is 21.9 Å². The van der Waals surface area contributed by atoms with Gasteiger partial charge in [-0.3, -0.25) is 14.4 Å². The lowest BCUT2D eigenvalue weighted by atomic mass is 10.2. The van der Waals surface area contributed by atoms with Crippen molar-refractivity contribution < 1.29 is 22.7 Å². The Morgan fingerprint density at radius 2 is 1.84 bits per heavy atom. The van der Waals surface area contributed by atoms with Gasteiger partial charge in [-0.05, 0) is 43.3 Å². The Labute approximate surface area is 184 Å². The Morgan fingerprint density at radius 3 is 2.48 bits per heavy atom. The second kappa shape index (κ2) is 9.75. The molecule has 0 saturated carbocycles. The highest BCUT2D eigenvalue weighted by Crippen LogP contribution is 2.30. The number of hydrogen-bond acceptors (Lipinski definition) is 8. The van der Waals surface area contributed by atoms with Crippen molar-refractivity contribution in [3.8, 4) is 22.1 Å². The highest BCUT2D eigenvalue weighted by Gasteiger charge is 2.24. The molecule has 3 rings (SSSR count). The van der Waals surface area contributed by atoms with Crippen LogP contribution in [0.2, 0.25) is 0 Å². The quantitative estimate of drug-likeness (QED) is 0.520. The van der Waals surface area contributed by atoms with Gasteiger partial charge in [-0.1, -0.05) is 23.5 Å². The smallest absolute Gasteiger partial charge is 0.246 e. The molecule has 0 unspecified atom stereocenters. The van der Waals surface area contributed by atoms with E-state index in [1.54, 1.807) is 50.4 Å². The van der Waals surface area contributed by atoms with E-state index < -0.39 is 22.5 Å². The second-order valence-electron chi connectivity index (χ2n) is 6.36. The molecule has 0 aliphatic carbocycles. The Morgan fingerprint density at radius 1 is 1.13 bits per heavy atom. The monoisotopic (exact) mass is 462 g/mol. The van der Waals surface area contributed by atoms with Crippen molar-refractivity contribution in [2.45, 2.75) is 6.92 Å². The van der Waals surface area contributed by atoms with E-state index >= 15 is 0 Å². The fourth-order valence-corrected chi connectivity index (χ4v) is 4.36. The number of nitrogens with zero attached hydrogens (tertiary/aromatic N) is 3. The SMILES string of the molecule is CCOc1ccccc1N(CC(=O)Nc1nnc(-c2ccc(OC)cc2)s1)S(C)(=O)=O. The van der Waals surface area contributed by atoms with E-state index in [2.05, 4.69) is 15.5 Å². The van der Waals surface area contributed by atoms with Crippen molar-refractivity contribution in [2.24, 2.45) is 0 Å². The average molecular weight is 463 g/mol. The van der Waals surface area contributed by atoms with E-state index in [9.17, 15) is 13.2 Å². The number of benzene rings is 2. The van der Waals surface area contributed by atoms with Crippen LogP contribution in [-0.2, 0) is 14.8 Å². The molecule has 2 aromatic carbocycles. The molecule has 0 fully saturated rings.